The van der Waals surface area contributed by atoms with Crippen LogP contribution in [0.15, 0.2) is 54.7 Å². The highest BCUT2D eigenvalue weighted by atomic mass is 19.1. The van der Waals surface area contributed by atoms with E-state index in [9.17, 15) is 4.39 Å². The number of aryl methyl sites for hydroxylation is 3. The Morgan fingerprint density at radius 1 is 1.05 bits per heavy atom. The van der Waals surface area contributed by atoms with Gasteiger partial charge in [0, 0.05) is 0 Å². The van der Waals surface area contributed by atoms with Crippen LogP contribution in [-0.4, -0.2) is 15.0 Å². The number of benzene rings is 2. The highest BCUT2D eigenvalue weighted by molar-refractivity contribution is 5.30. The summed E-state index contributed by atoms with van der Waals surface area (Å²) in [6.45, 7) is 1.89. The van der Waals surface area contributed by atoms with Crippen molar-refractivity contribution in [3.05, 3.63) is 77.4 Å². The highest BCUT2D eigenvalue weighted by Crippen LogP contribution is 2.13. The number of rotatable bonds is 4. The molecule has 0 radical (unpaired) electrons. The predicted octanol–water partition coefficient (Wildman–Crippen LogP) is 3.50. The summed E-state index contributed by atoms with van der Waals surface area (Å²) in [7, 11) is 0. The van der Waals surface area contributed by atoms with E-state index in [0.29, 0.717) is 12.8 Å². The highest BCUT2D eigenvalue weighted by Gasteiger charge is 2.06. The molecule has 3 aromatic rings. The van der Waals surface area contributed by atoms with E-state index in [2.05, 4.69) is 10.3 Å². The second-order valence-corrected chi connectivity index (χ2v) is 5.08. The standard InChI is InChI=1S/C17H16FN3/c1-13-7-8-14(17(18)11-13)9-10-15-12-21(20-19-15)16-5-3-2-4-6-16/h2-8,11-12H,9-10H2,1H3. The van der Waals surface area contributed by atoms with Gasteiger partial charge in [-0.15, -0.1) is 5.10 Å². The minimum Gasteiger partial charge on any atom is -0.220 e. The van der Waals surface area contributed by atoms with Gasteiger partial charge in [-0.05, 0) is 49.1 Å². The Kier molecular flexibility index (Phi) is 3.77. The summed E-state index contributed by atoms with van der Waals surface area (Å²) < 4.78 is 15.5. The molecule has 0 aliphatic rings. The Hall–Kier alpha value is -2.49. The maximum atomic E-state index is 13.8. The first-order valence-electron chi connectivity index (χ1n) is 6.94. The maximum absolute atomic E-state index is 13.8. The lowest BCUT2D eigenvalue weighted by Crippen LogP contribution is -1.96. The zero-order valence-electron chi connectivity index (χ0n) is 11.8. The molecular formula is C17H16FN3. The zero-order chi connectivity index (χ0) is 14.7. The smallest absolute Gasteiger partial charge is 0.126 e. The van der Waals surface area contributed by atoms with Crippen molar-refractivity contribution in [2.75, 3.05) is 0 Å². The van der Waals surface area contributed by atoms with Gasteiger partial charge in [-0.25, -0.2) is 9.07 Å². The van der Waals surface area contributed by atoms with Crippen LogP contribution >= 0.6 is 0 Å². The van der Waals surface area contributed by atoms with Crippen LogP contribution in [0.25, 0.3) is 5.69 Å². The molecule has 0 saturated heterocycles. The minimum atomic E-state index is -0.148. The number of para-hydroxylation sites is 1. The number of halogens is 1. The Bertz CT molecular complexity index is 735. The number of hydrogen-bond donors (Lipinski definition) is 0. The molecule has 0 N–H and O–H groups in total. The molecule has 0 fully saturated rings. The van der Waals surface area contributed by atoms with E-state index in [1.165, 1.54) is 0 Å². The van der Waals surface area contributed by atoms with Gasteiger partial charge < -0.3 is 0 Å². The van der Waals surface area contributed by atoms with Crippen molar-refractivity contribution in [2.45, 2.75) is 19.8 Å². The summed E-state index contributed by atoms with van der Waals surface area (Å²) in [5.41, 5.74) is 3.48. The third kappa shape index (κ3) is 3.16. The third-order valence-corrected chi connectivity index (χ3v) is 3.42. The Morgan fingerprint density at radius 3 is 2.62 bits per heavy atom. The monoisotopic (exact) mass is 281 g/mol. The molecule has 4 heteroatoms. The van der Waals surface area contributed by atoms with Crippen LogP contribution in [-0.2, 0) is 12.8 Å². The van der Waals surface area contributed by atoms with Crippen LogP contribution in [0, 0.1) is 12.7 Å². The molecule has 0 spiro atoms. The van der Waals surface area contributed by atoms with E-state index in [-0.39, 0.29) is 5.82 Å². The number of nitrogens with zero attached hydrogens (tertiary/aromatic N) is 3. The molecule has 0 aliphatic heterocycles. The molecule has 0 bridgehead atoms. The third-order valence-electron chi connectivity index (χ3n) is 3.42. The Balaban J connectivity index is 1.70. The van der Waals surface area contributed by atoms with Crippen molar-refractivity contribution in [3.8, 4) is 5.69 Å². The SMILES string of the molecule is Cc1ccc(CCc2cn(-c3ccccc3)nn2)c(F)c1. The number of hydrogen-bond acceptors (Lipinski definition) is 2. The van der Waals surface area contributed by atoms with Crippen LogP contribution in [0.3, 0.4) is 0 Å². The van der Waals surface area contributed by atoms with Gasteiger partial charge in [0.05, 0.1) is 17.6 Å². The first kappa shape index (κ1) is 13.5. The molecule has 2 aromatic carbocycles. The molecule has 0 atom stereocenters. The van der Waals surface area contributed by atoms with Crippen LogP contribution in [0.4, 0.5) is 4.39 Å². The van der Waals surface area contributed by atoms with E-state index >= 15 is 0 Å². The van der Waals surface area contributed by atoms with Crippen LogP contribution < -0.4 is 0 Å². The Labute approximate surface area is 123 Å². The molecular weight excluding hydrogens is 265 g/mol. The molecule has 0 amide bonds. The van der Waals surface area contributed by atoms with Crippen molar-refractivity contribution in [1.29, 1.82) is 0 Å². The maximum Gasteiger partial charge on any atom is 0.126 e. The van der Waals surface area contributed by atoms with Gasteiger partial charge in [0.25, 0.3) is 0 Å². The van der Waals surface area contributed by atoms with E-state index in [1.807, 2.05) is 55.6 Å². The van der Waals surface area contributed by atoms with Crippen molar-refractivity contribution in [2.24, 2.45) is 0 Å². The van der Waals surface area contributed by atoms with E-state index in [4.69, 9.17) is 0 Å². The average Bonchev–Trinajstić information content (AvgIpc) is 2.96. The first-order chi connectivity index (χ1) is 10.2. The lowest BCUT2D eigenvalue weighted by molar-refractivity contribution is 0.607. The lowest BCUT2D eigenvalue weighted by Gasteiger charge is -2.02. The molecule has 1 aromatic heterocycles. The van der Waals surface area contributed by atoms with Crippen molar-refractivity contribution in [3.63, 3.8) is 0 Å². The minimum absolute atomic E-state index is 0.148. The number of aromatic nitrogens is 3. The molecule has 1 heterocycles. The van der Waals surface area contributed by atoms with Crippen LogP contribution in [0.2, 0.25) is 0 Å². The molecule has 21 heavy (non-hydrogen) atoms. The second-order valence-electron chi connectivity index (χ2n) is 5.08. The normalized spacial score (nSPS) is 10.8. The molecule has 3 nitrogen and oxygen atoms in total. The molecule has 0 unspecified atom stereocenters. The van der Waals surface area contributed by atoms with Gasteiger partial charge in [0.1, 0.15) is 5.82 Å². The summed E-state index contributed by atoms with van der Waals surface area (Å²) in [6.07, 6.45) is 3.19. The zero-order valence-corrected chi connectivity index (χ0v) is 11.8. The summed E-state index contributed by atoms with van der Waals surface area (Å²) in [5.74, 6) is -0.148. The first-order valence-corrected chi connectivity index (χ1v) is 6.94. The predicted molar refractivity (Wildman–Crippen MR) is 79.9 cm³/mol. The van der Waals surface area contributed by atoms with Crippen LogP contribution in [0.1, 0.15) is 16.8 Å². The second kappa shape index (κ2) is 5.87. The Morgan fingerprint density at radius 2 is 1.86 bits per heavy atom. The van der Waals surface area contributed by atoms with Gasteiger partial charge in [-0.3, -0.25) is 0 Å². The summed E-state index contributed by atoms with van der Waals surface area (Å²) in [5, 5.41) is 8.25. The van der Waals surface area contributed by atoms with E-state index in [0.717, 1.165) is 22.5 Å². The van der Waals surface area contributed by atoms with Crippen LogP contribution in [0.5, 0.6) is 0 Å². The summed E-state index contributed by atoms with van der Waals surface area (Å²) in [6, 6.07) is 15.1. The van der Waals surface area contributed by atoms with Crippen molar-refractivity contribution >= 4 is 0 Å². The quantitative estimate of drug-likeness (QED) is 0.733. The topological polar surface area (TPSA) is 30.7 Å². The van der Waals surface area contributed by atoms with E-state index in [1.54, 1.807) is 10.7 Å². The fourth-order valence-electron chi connectivity index (χ4n) is 2.24. The van der Waals surface area contributed by atoms with Crippen molar-refractivity contribution in [1.82, 2.24) is 15.0 Å². The van der Waals surface area contributed by atoms with Gasteiger partial charge in [0.15, 0.2) is 0 Å². The van der Waals surface area contributed by atoms with Gasteiger partial charge >= 0.3 is 0 Å². The lowest BCUT2D eigenvalue weighted by atomic mass is 10.1. The fraction of sp³-hybridized carbons (Fsp3) is 0.176. The van der Waals surface area contributed by atoms with E-state index < -0.39 is 0 Å². The van der Waals surface area contributed by atoms with Gasteiger partial charge in [-0.1, -0.05) is 35.5 Å². The van der Waals surface area contributed by atoms with Gasteiger partial charge in [0.2, 0.25) is 0 Å². The largest absolute Gasteiger partial charge is 0.220 e. The van der Waals surface area contributed by atoms with Gasteiger partial charge in [-0.2, -0.15) is 0 Å². The molecule has 3 rings (SSSR count). The molecule has 0 saturated carbocycles. The fourth-order valence-corrected chi connectivity index (χ4v) is 2.24. The average molecular weight is 281 g/mol. The summed E-state index contributed by atoms with van der Waals surface area (Å²) >= 11 is 0. The summed E-state index contributed by atoms with van der Waals surface area (Å²) in [4.78, 5) is 0. The molecule has 106 valence electrons. The molecule has 0 aliphatic carbocycles. The van der Waals surface area contributed by atoms with Crippen molar-refractivity contribution < 1.29 is 4.39 Å².